The average molecular weight is 472 g/mol. The van der Waals surface area contributed by atoms with Crippen molar-refractivity contribution in [2.75, 3.05) is 13.2 Å². The van der Waals surface area contributed by atoms with E-state index in [9.17, 15) is 0 Å². The largest absolute Gasteiger partial charge is 3.00 e. The van der Waals surface area contributed by atoms with Gasteiger partial charge in [0.15, 0.2) is 0 Å². The van der Waals surface area contributed by atoms with Crippen LogP contribution in [0.2, 0.25) is 0 Å². The zero-order valence-corrected chi connectivity index (χ0v) is 21.1. The molecule has 0 amide bonds. The fraction of sp³-hybridized carbons (Fsp3) is 0.250. The van der Waals surface area contributed by atoms with Gasteiger partial charge in [-0.2, -0.15) is 0 Å². The molecule has 0 N–H and O–H groups in total. The molecule has 3 fully saturated rings. The van der Waals surface area contributed by atoms with Crippen molar-refractivity contribution in [2.45, 2.75) is 26.7 Å². The standard InChI is InChI=1S/C21H18.C4H8O.C3H5.Y/c1-21(2,15-9-3-4-10-15)20-18-13-7-5-11-16(18)17-12-6-8-14-19(17)20;1-2-4-5-3-1;1-3-2;/h3-14H,1-2H3;1-4H2;3H,1-2H2;/q;;;+3. The number of hydrogen-bond acceptors (Lipinski definition) is 1. The van der Waals surface area contributed by atoms with E-state index in [1.807, 2.05) is 0 Å². The summed E-state index contributed by atoms with van der Waals surface area (Å²) in [5.41, 5.74) is 0.00616. The Bertz CT molecular complexity index is 563. The maximum absolute atomic E-state index is 4.94. The van der Waals surface area contributed by atoms with Crippen LogP contribution in [0.15, 0.2) is 48.6 Å². The molecule has 1 saturated heterocycles. The Kier molecular flexibility index (Phi) is 11.3. The molecule has 0 unspecified atom stereocenters. The summed E-state index contributed by atoms with van der Waals surface area (Å²) in [5.74, 6) is 8.31. The van der Waals surface area contributed by atoms with Gasteiger partial charge in [-0.25, -0.2) is 0 Å². The van der Waals surface area contributed by atoms with Gasteiger partial charge in [-0.15, -0.1) is 0 Å². The van der Waals surface area contributed by atoms with Crippen molar-refractivity contribution in [3.05, 3.63) is 130 Å². The predicted molar refractivity (Wildman–Crippen MR) is 122 cm³/mol. The maximum atomic E-state index is 4.94. The van der Waals surface area contributed by atoms with Crippen LogP contribution in [0.25, 0.3) is 0 Å². The summed E-state index contributed by atoms with van der Waals surface area (Å²) in [6.07, 6.45) is 30.3. The fourth-order valence-corrected chi connectivity index (χ4v) is 4.14. The van der Waals surface area contributed by atoms with Crippen molar-refractivity contribution in [2.24, 2.45) is 5.41 Å². The Balaban J connectivity index is 0.000000304. The van der Waals surface area contributed by atoms with Crippen LogP contribution in [-0.4, -0.2) is 13.2 Å². The van der Waals surface area contributed by atoms with Gasteiger partial charge in [-0.1, -0.05) is 62.5 Å². The van der Waals surface area contributed by atoms with Crippen LogP contribution in [0, 0.1) is 86.9 Å². The maximum Gasteiger partial charge on any atom is 3.00 e. The van der Waals surface area contributed by atoms with E-state index in [0.29, 0.717) is 0 Å². The monoisotopic (exact) mass is 472 g/mol. The van der Waals surface area contributed by atoms with E-state index < -0.39 is 0 Å². The van der Waals surface area contributed by atoms with Crippen LogP contribution in [-0.2, 0) is 37.4 Å². The van der Waals surface area contributed by atoms with Gasteiger partial charge in [-0.3, -0.25) is 0 Å². The van der Waals surface area contributed by atoms with Crippen molar-refractivity contribution in [1.29, 1.82) is 0 Å². The molecule has 5 rings (SSSR count). The zero-order chi connectivity index (χ0) is 20.7. The van der Waals surface area contributed by atoms with Crippen molar-refractivity contribution in [3.8, 4) is 0 Å². The topological polar surface area (TPSA) is 9.23 Å². The molecule has 5 aliphatic rings. The minimum Gasteiger partial charge on any atom is -0.381 e. The molecule has 1 aliphatic heterocycles. The molecule has 0 bridgehead atoms. The van der Waals surface area contributed by atoms with E-state index in [0.717, 1.165) is 13.2 Å². The molecular weight excluding hydrogens is 441 g/mol. The van der Waals surface area contributed by atoms with Crippen LogP contribution in [0.1, 0.15) is 26.7 Å². The Morgan fingerprint density at radius 1 is 0.767 bits per heavy atom. The minimum atomic E-state index is 0. The molecule has 13 radical (unpaired) electrons. The second-order valence-electron chi connectivity index (χ2n) is 7.87. The minimum absolute atomic E-state index is 0. The van der Waals surface area contributed by atoms with Crippen LogP contribution < -0.4 is 0 Å². The van der Waals surface area contributed by atoms with Crippen LogP contribution in [0.5, 0.6) is 0 Å². The Hall–Kier alpha value is 0.0239. The van der Waals surface area contributed by atoms with E-state index >= 15 is 0 Å². The summed E-state index contributed by atoms with van der Waals surface area (Å²) < 4.78 is 4.94. The average Bonchev–Trinajstić information content (AvgIpc) is 3.50. The molecule has 0 aromatic carbocycles. The number of fused-ring (bicyclic) bond motifs is 3. The van der Waals surface area contributed by atoms with E-state index in [4.69, 9.17) is 4.74 Å². The van der Waals surface area contributed by atoms with Gasteiger partial charge in [0.05, 0.1) is 0 Å². The Morgan fingerprint density at radius 2 is 1.17 bits per heavy atom. The number of hydrogen-bond donors (Lipinski definition) is 0. The van der Waals surface area contributed by atoms with E-state index in [2.05, 4.69) is 102 Å². The first-order valence-electron chi connectivity index (χ1n) is 10.4. The Morgan fingerprint density at radius 3 is 1.53 bits per heavy atom. The molecule has 149 valence electrons. The van der Waals surface area contributed by atoms with E-state index in [-0.39, 0.29) is 38.1 Å². The first-order chi connectivity index (χ1) is 14.1. The number of allylic oxidation sites excluding steroid dienone is 8. The predicted octanol–water partition coefficient (Wildman–Crippen LogP) is 6.21. The summed E-state index contributed by atoms with van der Waals surface area (Å²) >= 11 is 0. The van der Waals surface area contributed by atoms with Gasteiger partial charge in [-0.05, 0) is 70.1 Å². The van der Waals surface area contributed by atoms with Gasteiger partial charge in [0, 0.05) is 42.8 Å². The van der Waals surface area contributed by atoms with Gasteiger partial charge in [0.1, 0.15) is 0 Å². The third-order valence-corrected chi connectivity index (χ3v) is 5.52. The molecule has 1 heterocycles. The number of ether oxygens (including phenoxy) is 1. The van der Waals surface area contributed by atoms with Crippen molar-refractivity contribution >= 4 is 0 Å². The molecule has 2 saturated carbocycles. The van der Waals surface area contributed by atoms with Crippen molar-refractivity contribution < 1.29 is 37.4 Å². The molecule has 2 heteroatoms. The molecule has 4 aliphatic carbocycles. The van der Waals surface area contributed by atoms with Crippen LogP contribution >= 0.6 is 0 Å². The van der Waals surface area contributed by atoms with Gasteiger partial charge >= 0.3 is 32.7 Å². The van der Waals surface area contributed by atoms with Gasteiger partial charge < -0.3 is 4.74 Å². The smallest absolute Gasteiger partial charge is 0.381 e. The summed E-state index contributed by atoms with van der Waals surface area (Å²) in [4.78, 5) is 0. The summed E-state index contributed by atoms with van der Waals surface area (Å²) in [6.45, 7) is 13.2. The van der Waals surface area contributed by atoms with Gasteiger partial charge in [0.25, 0.3) is 0 Å². The van der Waals surface area contributed by atoms with E-state index in [1.54, 1.807) is 0 Å². The Labute approximate surface area is 211 Å². The SMILES string of the molecule is C1CCOC1.CC(C)([C]1[CH][CH][CH][CH]1)[C]1[C]2C=CC=C[C]2[C]2C=CC=C[C]21.[CH2][CH][CH2].[Y+3]. The summed E-state index contributed by atoms with van der Waals surface area (Å²) in [7, 11) is 0. The second kappa shape index (κ2) is 12.9. The van der Waals surface area contributed by atoms with E-state index in [1.165, 1.54) is 54.8 Å². The molecule has 0 aromatic heterocycles. The zero-order valence-electron chi connectivity index (χ0n) is 18.2. The molecular formula is C28H31OY+3. The van der Waals surface area contributed by atoms with Crippen molar-refractivity contribution in [1.82, 2.24) is 0 Å². The third kappa shape index (κ3) is 6.08. The summed E-state index contributed by atoms with van der Waals surface area (Å²) in [6, 6.07) is 0. The number of rotatable bonds is 2. The summed E-state index contributed by atoms with van der Waals surface area (Å²) in [5, 5.41) is 0. The molecule has 0 atom stereocenters. The van der Waals surface area contributed by atoms with Crippen molar-refractivity contribution in [3.63, 3.8) is 0 Å². The van der Waals surface area contributed by atoms with Gasteiger partial charge in [0.2, 0.25) is 0 Å². The normalized spacial score (nSPS) is 24.7. The molecule has 1 nitrogen and oxygen atoms in total. The molecule has 0 aromatic rings. The quantitative estimate of drug-likeness (QED) is 0.465. The fourth-order valence-electron chi connectivity index (χ4n) is 4.14. The molecule has 30 heavy (non-hydrogen) atoms. The second-order valence-corrected chi connectivity index (χ2v) is 7.87. The first-order valence-corrected chi connectivity index (χ1v) is 10.4. The third-order valence-electron chi connectivity index (χ3n) is 5.52. The first kappa shape index (κ1) is 26.3. The van der Waals surface area contributed by atoms with Crippen LogP contribution in [0.4, 0.5) is 0 Å². The molecule has 0 spiro atoms. The van der Waals surface area contributed by atoms with Crippen LogP contribution in [0.3, 0.4) is 0 Å².